The summed E-state index contributed by atoms with van der Waals surface area (Å²) in [6, 6.07) is 14.8. The van der Waals surface area contributed by atoms with Crippen molar-refractivity contribution in [2.75, 3.05) is 19.7 Å². The molecule has 2 aromatic carbocycles. The van der Waals surface area contributed by atoms with E-state index < -0.39 is 48.8 Å². The van der Waals surface area contributed by atoms with E-state index in [1.807, 2.05) is 48.5 Å². The maximum Gasteiger partial charge on any atom is 0.407 e. The zero-order valence-corrected chi connectivity index (χ0v) is 18.7. The molecule has 1 aliphatic carbocycles. The number of nitrogens with one attached hydrogen (secondary N) is 1. The zero-order chi connectivity index (χ0) is 24.5. The molecule has 1 saturated heterocycles. The molecule has 1 heterocycles. The molecule has 0 spiro atoms. The third-order valence-corrected chi connectivity index (χ3v) is 6.58. The largest absolute Gasteiger partial charge is 0.481 e. The minimum atomic E-state index is -3.38. The molecule has 4 rings (SSSR count). The van der Waals surface area contributed by atoms with Crippen LogP contribution in [0.5, 0.6) is 0 Å². The van der Waals surface area contributed by atoms with Gasteiger partial charge in [-0.2, -0.15) is 0 Å². The maximum atomic E-state index is 13.9. The molecule has 1 aliphatic heterocycles. The van der Waals surface area contributed by atoms with Crippen molar-refractivity contribution >= 4 is 18.0 Å². The average Bonchev–Trinajstić information content (AvgIpc) is 3.14. The normalized spacial score (nSPS) is 19.6. The van der Waals surface area contributed by atoms with Crippen LogP contribution < -0.4 is 5.32 Å². The maximum absolute atomic E-state index is 13.9. The highest BCUT2D eigenvalue weighted by atomic mass is 19.3. The van der Waals surface area contributed by atoms with Gasteiger partial charge in [0.15, 0.2) is 0 Å². The zero-order valence-electron chi connectivity index (χ0n) is 18.7. The first kappa shape index (κ1) is 23.7. The van der Waals surface area contributed by atoms with Crippen molar-refractivity contribution in [1.29, 1.82) is 0 Å². The van der Waals surface area contributed by atoms with Gasteiger partial charge in [0.25, 0.3) is 5.92 Å². The van der Waals surface area contributed by atoms with Gasteiger partial charge in [0.05, 0.1) is 0 Å². The molecule has 2 aliphatic rings. The Balaban J connectivity index is 1.39. The molecule has 1 fully saturated rings. The lowest BCUT2D eigenvalue weighted by Crippen LogP contribution is -2.56. The number of hydrogen-bond donors (Lipinski definition) is 2. The van der Waals surface area contributed by atoms with Crippen LogP contribution in [0.15, 0.2) is 48.5 Å². The Hall–Kier alpha value is -3.49. The van der Waals surface area contributed by atoms with Gasteiger partial charge < -0.3 is 20.1 Å². The number of alkyl halides is 2. The lowest BCUT2D eigenvalue weighted by Gasteiger charge is -2.37. The Morgan fingerprint density at radius 2 is 1.71 bits per heavy atom. The molecule has 7 nitrogen and oxygen atoms in total. The van der Waals surface area contributed by atoms with Crippen LogP contribution in [-0.2, 0) is 14.3 Å². The van der Waals surface area contributed by atoms with E-state index in [-0.39, 0.29) is 25.5 Å². The second-order valence-electron chi connectivity index (χ2n) is 8.62. The van der Waals surface area contributed by atoms with Crippen molar-refractivity contribution in [3.05, 3.63) is 59.7 Å². The predicted octanol–water partition coefficient (Wildman–Crippen LogP) is 3.87. The van der Waals surface area contributed by atoms with Gasteiger partial charge >= 0.3 is 12.1 Å². The van der Waals surface area contributed by atoms with E-state index in [1.165, 1.54) is 0 Å². The minimum Gasteiger partial charge on any atom is -0.481 e. The van der Waals surface area contributed by atoms with E-state index in [0.717, 1.165) is 27.2 Å². The molecule has 2 unspecified atom stereocenters. The molecule has 0 radical (unpaired) electrons. The Morgan fingerprint density at radius 1 is 1.12 bits per heavy atom. The number of likely N-dealkylation sites (tertiary alicyclic amines) is 1. The number of carboxylic acids is 1. The van der Waals surface area contributed by atoms with Gasteiger partial charge in [-0.3, -0.25) is 9.59 Å². The van der Waals surface area contributed by atoms with Crippen LogP contribution in [0.1, 0.15) is 36.8 Å². The number of fused-ring (bicyclic) bond motifs is 3. The third kappa shape index (κ3) is 4.47. The van der Waals surface area contributed by atoms with Crippen molar-refractivity contribution in [3.63, 3.8) is 0 Å². The van der Waals surface area contributed by atoms with Crippen molar-refractivity contribution in [2.45, 2.75) is 37.6 Å². The number of piperidine rings is 1. The van der Waals surface area contributed by atoms with Gasteiger partial charge in [-0.05, 0) is 28.7 Å². The van der Waals surface area contributed by atoms with Gasteiger partial charge in [0.1, 0.15) is 18.6 Å². The summed E-state index contributed by atoms with van der Waals surface area (Å²) in [5.74, 6) is -7.76. The topological polar surface area (TPSA) is 95.9 Å². The van der Waals surface area contributed by atoms with E-state index in [4.69, 9.17) is 9.84 Å². The number of rotatable bonds is 6. The number of halogens is 2. The van der Waals surface area contributed by atoms with Crippen LogP contribution in [0.4, 0.5) is 13.6 Å². The molecule has 180 valence electrons. The summed E-state index contributed by atoms with van der Waals surface area (Å²) in [5.41, 5.74) is 4.27. The number of ether oxygens (including phenoxy) is 1. The number of carbonyl (C=O) groups is 3. The van der Waals surface area contributed by atoms with Gasteiger partial charge in [0.2, 0.25) is 5.91 Å². The smallest absolute Gasteiger partial charge is 0.407 e. The summed E-state index contributed by atoms with van der Waals surface area (Å²) >= 11 is 0. The van der Waals surface area contributed by atoms with E-state index in [2.05, 4.69) is 5.32 Å². The van der Waals surface area contributed by atoms with Crippen LogP contribution in [0.2, 0.25) is 0 Å². The quantitative estimate of drug-likeness (QED) is 0.666. The number of amides is 2. The second kappa shape index (κ2) is 9.40. The molecular weight excluding hydrogens is 446 g/mol. The number of carbonyl (C=O) groups excluding carboxylic acids is 2. The van der Waals surface area contributed by atoms with Crippen LogP contribution in [-0.4, -0.2) is 59.6 Å². The van der Waals surface area contributed by atoms with Crippen LogP contribution in [0.3, 0.4) is 0 Å². The molecule has 2 amide bonds. The highest BCUT2D eigenvalue weighted by molar-refractivity contribution is 5.86. The van der Waals surface area contributed by atoms with Crippen molar-refractivity contribution < 1.29 is 33.0 Å². The summed E-state index contributed by atoms with van der Waals surface area (Å²) in [7, 11) is 0. The summed E-state index contributed by atoms with van der Waals surface area (Å²) in [5, 5.41) is 11.6. The first-order valence-corrected chi connectivity index (χ1v) is 11.2. The average molecular weight is 472 g/mol. The highest BCUT2D eigenvalue weighted by Gasteiger charge is 2.49. The standard InChI is InChI=1S/C25H26F2N2O5/c1-2-21(22(30)29-12-11-25(26,27)20(13-29)23(31)32)28-24(33)34-14-19-17-9-5-3-7-15(17)16-8-4-6-10-18(16)19/h3-10,19-21H,2,11-14H2,1H3,(H,28,33)(H,31,32). The molecule has 9 heteroatoms. The molecule has 2 atom stereocenters. The molecule has 2 aromatic rings. The predicted molar refractivity (Wildman–Crippen MR) is 120 cm³/mol. The molecule has 0 aromatic heterocycles. The van der Waals surface area contributed by atoms with Gasteiger partial charge in [-0.15, -0.1) is 0 Å². The van der Waals surface area contributed by atoms with Gasteiger partial charge in [0, 0.05) is 25.4 Å². The number of nitrogens with zero attached hydrogens (tertiary/aromatic N) is 1. The summed E-state index contributed by atoms with van der Waals surface area (Å²) in [6.45, 7) is 0.851. The fourth-order valence-corrected chi connectivity index (χ4v) is 4.70. The number of benzene rings is 2. The fraction of sp³-hybridized carbons (Fsp3) is 0.400. The van der Waals surface area contributed by atoms with Crippen LogP contribution >= 0.6 is 0 Å². The van der Waals surface area contributed by atoms with E-state index in [0.29, 0.717) is 0 Å². The highest BCUT2D eigenvalue weighted by Crippen LogP contribution is 2.44. The van der Waals surface area contributed by atoms with Crippen LogP contribution in [0.25, 0.3) is 11.1 Å². The van der Waals surface area contributed by atoms with Crippen LogP contribution in [0, 0.1) is 5.92 Å². The molecule has 0 saturated carbocycles. The molecule has 34 heavy (non-hydrogen) atoms. The first-order chi connectivity index (χ1) is 16.2. The Bertz CT molecular complexity index is 1060. The van der Waals surface area contributed by atoms with Crippen molar-refractivity contribution in [1.82, 2.24) is 10.2 Å². The SMILES string of the molecule is CCC(NC(=O)OCC1c2ccccc2-c2ccccc21)C(=O)N1CCC(F)(F)C(C(=O)O)C1. The Kier molecular flexibility index (Phi) is 6.54. The van der Waals surface area contributed by atoms with Crippen molar-refractivity contribution in [2.24, 2.45) is 5.92 Å². The number of aliphatic carboxylic acids is 1. The summed E-state index contributed by atoms with van der Waals surface area (Å²) in [6.07, 6.45) is -1.33. The Labute approximate surface area is 195 Å². The molecular formula is C25H26F2N2O5. The van der Waals surface area contributed by atoms with E-state index in [1.54, 1.807) is 6.92 Å². The van der Waals surface area contributed by atoms with E-state index in [9.17, 15) is 23.2 Å². The third-order valence-electron chi connectivity index (χ3n) is 6.58. The lowest BCUT2D eigenvalue weighted by atomic mass is 9.93. The summed E-state index contributed by atoms with van der Waals surface area (Å²) in [4.78, 5) is 37.7. The Morgan fingerprint density at radius 3 is 2.26 bits per heavy atom. The molecule has 2 N–H and O–H groups in total. The lowest BCUT2D eigenvalue weighted by molar-refractivity contribution is -0.169. The summed E-state index contributed by atoms with van der Waals surface area (Å²) < 4.78 is 33.3. The number of alkyl carbamates (subject to hydrolysis) is 1. The second-order valence-corrected chi connectivity index (χ2v) is 8.62. The number of carboxylic acid groups (broad SMARTS) is 1. The molecule has 0 bridgehead atoms. The van der Waals surface area contributed by atoms with Gasteiger partial charge in [-0.25, -0.2) is 13.6 Å². The number of hydrogen-bond acceptors (Lipinski definition) is 4. The fourth-order valence-electron chi connectivity index (χ4n) is 4.70. The van der Waals surface area contributed by atoms with Gasteiger partial charge in [-0.1, -0.05) is 55.5 Å². The minimum absolute atomic E-state index is 0.0709. The first-order valence-electron chi connectivity index (χ1n) is 11.2. The van der Waals surface area contributed by atoms with Crippen molar-refractivity contribution in [3.8, 4) is 11.1 Å². The van der Waals surface area contributed by atoms with E-state index >= 15 is 0 Å². The monoisotopic (exact) mass is 472 g/mol.